The van der Waals surface area contributed by atoms with Crippen LogP contribution < -0.4 is 5.32 Å². The molecule has 0 saturated carbocycles. The molecule has 114 valence electrons. The molecule has 1 aliphatic rings. The third kappa shape index (κ3) is 3.35. The van der Waals surface area contributed by atoms with E-state index in [1.165, 1.54) is 7.11 Å². The fourth-order valence-electron chi connectivity index (χ4n) is 2.59. The van der Waals surface area contributed by atoms with E-state index in [1.54, 1.807) is 20.8 Å². The van der Waals surface area contributed by atoms with Gasteiger partial charge in [0.15, 0.2) is 0 Å². The van der Waals surface area contributed by atoms with E-state index in [0.29, 0.717) is 12.8 Å². The van der Waals surface area contributed by atoms with Gasteiger partial charge in [0.2, 0.25) is 0 Å². The Kier molecular flexibility index (Phi) is 3.94. The second kappa shape index (κ2) is 5.39. The Bertz CT molecular complexity index is 535. The average molecular weight is 291 g/mol. The highest BCUT2D eigenvalue weighted by Crippen LogP contribution is 2.31. The molecular formula is C16H21NO4. The number of benzene rings is 1. The predicted octanol–water partition coefficient (Wildman–Crippen LogP) is 2.22. The predicted molar refractivity (Wildman–Crippen MR) is 78.0 cm³/mol. The lowest BCUT2D eigenvalue weighted by atomic mass is 9.96. The fraction of sp³-hybridized carbons (Fsp3) is 0.500. The molecule has 0 heterocycles. The van der Waals surface area contributed by atoms with Crippen LogP contribution in [0.3, 0.4) is 0 Å². The van der Waals surface area contributed by atoms with Gasteiger partial charge in [-0.2, -0.15) is 0 Å². The minimum absolute atomic E-state index is 0.412. The standard InChI is InChI=1S/C16H21NO4/c1-15(2,3)21-14(19)17-16(13(18)20-4)9-11-7-5-6-8-12(11)10-16/h5-8H,9-10H2,1-4H3,(H,17,19). The molecule has 1 aromatic carbocycles. The van der Waals surface area contributed by atoms with Crippen molar-refractivity contribution in [3.05, 3.63) is 35.4 Å². The number of carbonyl (C=O) groups is 2. The highest BCUT2D eigenvalue weighted by molar-refractivity contribution is 5.87. The molecule has 0 spiro atoms. The van der Waals surface area contributed by atoms with E-state index < -0.39 is 23.2 Å². The number of rotatable bonds is 2. The largest absolute Gasteiger partial charge is 0.467 e. The van der Waals surface area contributed by atoms with Crippen molar-refractivity contribution in [3.63, 3.8) is 0 Å². The summed E-state index contributed by atoms with van der Waals surface area (Å²) in [5.74, 6) is -0.454. The Morgan fingerprint density at radius 3 is 2.10 bits per heavy atom. The van der Waals surface area contributed by atoms with Crippen molar-refractivity contribution in [1.29, 1.82) is 0 Å². The van der Waals surface area contributed by atoms with E-state index in [9.17, 15) is 9.59 Å². The number of methoxy groups -OCH3 is 1. The number of carbonyl (C=O) groups excluding carboxylic acids is 2. The van der Waals surface area contributed by atoms with E-state index >= 15 is 0 Å². The van der Waals surface area contributed by atoms with Crippen LogP contribution in [0.4, 0.5) is 4.79 Å². The normalized spacial score (nSPS) is 16.0. The molecule has 1 aliphatic carbocycles. The first-order valence-corrected chi connectivity index (χ1v) is 6.92. The highest BCUT2D eigenvalue weighted by Gasteiger charge is 2.46. The minimum Gasteiger partial charge on any atom is -0.467 e. The van der Waals surface area contributed by atoms with Crippen LogP contribution in [0.1, 0.15) is 31.9 Å². The summed E-state index contributed by atoms with van der Waals surface area (Å²) in [7, 11) is 1.32. The van der Waals surface area contributed by atoms with Crippen molar-refractivity contribution in [1.82, 2.24) is 5.32 Å². The van der Waals surface area contributed by atoms with E-state index in [0.717, 1.165) is 11.1 Å². The summed E-state index contributed by atoms with van der Waals surface area (Å²) < 4.78 is 10.2. The lowest BCUT2D eigenvalue weighted by Crippen LogP contribution is -2.56. The van der Waals surface area contributed by atoms with Crippen molar-refractivity contribution in [2.24, 2.45) is 0 Å². The van der Waals surface area contributed by atoms with Gasteiger partial charge < -0.3 is 14.8 Å². The number of alkyl carbamates (subject to hydrolysis) is 1. The first-order valence-electron chi connectivity index (χ1n) is 6.92. The molecule has 1 aromatic rings. The molecule has 5 nitrogen and oxygen atoms in total. The molecule has 1 N–H and O–H groups in total. The highest BCUT2D eigenvalue weighted by atomic mass is 16.6. The Morgan fingerprint density at radius 1 is 1.14 bits per heavy atom. The molecule has 0 radical (unpaired) electrons. The quantitative estimate of drug-likeness (QED) is 0.849. The van der Waals surface area contributed by atoms with Crippen LogP contribution in [-0.4, -0.2) is 30.3 Å². The maximum Gasteiger partial charge on any atom is 0.408 e. The molecule has 0 fully saturated rings. The maximum atomic E-state index is 12.2. The summed E-state index contributed by atoms with van der Waals surface area (Å²) in [4.78, 5) is 24.3. The molecule has 0 bridgehead atoms. The molecule has 21 heavy (non-hydrogen) atoms. The van der Waals surface area contributed by atoms with Crippen LogP contribution in [0.5, 0.6) is 0 Å². The smallest absolute Gasteiger partial charge is 0.408 e. The summed E-state index contributed by atoms with van der Waals surface area (Å²) in [5.41, 5.74) is 0.381. The van der Waals surface area contributed by atoms with Crippen LogP contribution in [0.2, 0.25) is 0 Å². The Balaban J connectivity index is 2.22. The lowest BCUT2D eigenvalue weighted by Gasteiger charge is -2.29. The third-order valence-electron chi connectivity index (χ3n) is 3.42. The number of ether oxygens (including phenoxy) is 2. The third-order valence-corrected chi connectivity index (χ3v) is 3.42. The molecule has 0 aliphatic heterocycles. The Hall–Kier alpha value is -2.04. The van der Waals surface area contributed by atoms with Gasteiger partial charge >= 0.3 is 12.1 Å². The van der Waals surface area contributed by atoms with Gasteiger partial charge in [0, 0.05) is 12.8 Å². The van der Waals surface area contributed by atoms with E-state index in [1.807, 2.05) is 24.3 Å². The average Bonchev–Trinajstić information content (AvgIpc) is 2.74. The first kappa shape index (κ1) is 15.4. The topological polar surface area (TPSA) is 64.6 Å². The summed E-state index contributed by atoms with van der Waals surface area (Å²) in [5, 5.41) is 2.71. The van der Waals surface area contributed by atoms with Crippen LogP contribution in [0.15, 0.2) is 24.3 Å². The zero-order chi connectivity index (χ0) is 15.7. The maximum absolute atomic E-state index is 12.2. The summed E-state index contributed by atoms with van der Waals surface area (Å²) in [6, 6.07) is 7.74. The summed E-state index contributed by atoms with van der Waals surface area (Å²) >= 11 is 0. The number of nitrogens with one attached hydrogen (secondary N) is 1. The number of hydrogen-bond acceptors (Lipinski definition) is 4. The van der Waals surface area contributed by atoms with Crippen LogP contribution in [-0.2, 0) is 27.1 Å². The van der Waals surface area contributed by atoms with Gasteiger partial charge in [0.1, 0.15) is 11.1 Å². The number of hydrogen-bond donors (Lipinski definition) is 1. The van der Waals surface area contributed by atoms with Crippen molar-refractivity contribution >= 4 is 12.1 Å². The van der Waals surface area contributed by atoms with Crippen molar-refractivity contribution in [2.75, 3.05) is 7.11 Å². The van der Waals surface area contributed by atoms with Crippen molar-refractivity contribution in [3.8, 4) is 0 Å². The van der Waals surface area contributed by atoms with Crippen LogP contribution in [0.25, 0.3) is 0 Å². The molecule has 1 amide bonds. The zero-order valence-electron chi connectivity index (χ0n) is 12.9. The monoisotopic (exact) mass is 291 g/mol. The Morgan fingerprint density at radius 2 is 1.67 bits per heavy atom. The van der Waals surface area contributed by atoms with Gasteiger partial charge in [-0.25, -0.2) is 9.59 Å². The second-order valence-electron chi connectivity index (χ2n) is 6.32. The van der Waals surface area contributed by atoms with E-state index in [-0.39, 0.29) is 0 Å². The molecule has 0 aromatic heterocycles. The SMILES string of the molecule is COC(=O)C1(NC(=O)OC(C)(C)C)Cc2ccccc2C1. The number of amides is 1. The van der Waals surface area contributed by atoms with E-state index in [2.05, 4.69) is 5.32 Å². The fourth-order valence-corrected chi connectivity index (χ4v) is 2.59. The molecule has 0 saturated heterocycles. The summed E-state index contributed by atoms with van der Waals surface area (Å²) in [6.45, 7) is 5.34. The van der Waals surface area contributed by atoms with Gasteiger partial charge in [0.25, 0.3) is 0 Å². The van der Waals surface area contributed by atoms with Gasteiger partial charge in [-0.05, 0) is 31.9 Å². The van der Waals surface area contributed by atoms with Crippen molar-refractivity contribution < 1.29 is 19.1 Å². The minimum atomic E-state index is -1.08. The van der Waals surface area contributed by atoms with Crippen molar-refractivity contribution in [2.45, 2.75) is 44.8 Å². The van der Waals surface area contributed by atoms with Crippen LogP contribution >= 0.6 is 0 Å². The van der Waals surface area contributed by atoms with Gasteiger partial charge in [-0.15, -0.1) is 0 Å². The van der Waals surface area contributed by atoms with Gasteiger partial charge in [-0.3, -0.25) is 0 Å². The molecule has 2 rings (SSSR count). The zero-order valence-corrected chi connectivity index (χ0v) is 12.9. The van der Waals surface area contributed by atoms with E-state index in [4.69, 9.17) is 9.47 Å². The van der Waals surface area contributed by atoms with Gasteiger partial charge in [0.05, 0.1) is 7.11 Å². The number of fused-ring (bicyclic) bond motifs is 1. The summed E-state index contributed by atoms with van der Waals surface area (Å²) in [6.07, 6.45) is 0.213. The second-order valence-corrected chi connectivity index (χ2v) is 6.32. The molecular weight excluding hydrogens is 270 g/mol. The lowest BCUT2D eigenvalue weighted by molar-refractivity contribution is -0.148. The Labute approximate surface area is 124 Å². The van der Waals surface area contributed by atoms with Crippen LogP contribution in [0, 0.1) is 0 Å². The molecule has 0 unspecified atom stereocenters. The number of esters is 1. The molecule has 5 heteroatoms. The molecule has 0 atom stereocenters. The van der Waals surface area contributed by atoms with Gasteiger partial charge in [-0.1, -0.05) is 24.3 Å². The first-order chi connectivity index (χ1) is 9.76.